The van der Waals surface area contributed by atoms with Gasteiger partial charge in [-0.3, -0.25) is 4.79 Å². The first-order valence-electron chi connectivity index (χ1n) is 10.9. The minimum Gasteiger partial charge on any atom is -0.490 e. The van der Waals surface area contributed by atoms with Gasteiger partial charge in [0.25, 0.3) is 0 Å². The Bertz CT molecular complexity index is 1130. The first kappa shape index (κ1) is 24.7. The lowest BCUT2D eigenvalue weighted by atomic mass is 10.0. The summed E-state index contributed by atoms with van der Waals surface area (Å²) in [5.41, 5.74) is 1.82. The second-order valence-corrected chi connectivity index (χ2v) is 7.78. The van der Waals surface area contributed by atoms with Crippen LogP contribution in [0.4, 0.5) is 15.9 Å². The van der Waals surface area contributed by atoms with Crippen molar-refractivity contribution in [3.63, 3.8) is 0 Å². The van der Waals surface area contributed by atoms with Gasteiger partial charge in [-0.05, 0) is 49.7 Å². The first-order valence-corrected chi connectivity index (χ1v) is 11.3. The molecule has 1 aliphatic rings. The molecule has 1 aliphatic heterocycles. The number of aromatic nitrogens is 2. The molecule has 2 heterocycles. The maximum atomic E-state index is 14.4. The number of nitrogens with one attached hydrogen (secondary N) is 2. The molecular formula is C24H28ClFN4O3. The van der Waals surface area contributed by atoms with E-state index in [-0.39, 0.29) is 22.8 Å². The highest BCUT2D eigenvalue weighted by Crippen LogP contribution is 2.32. The number of hydrogen-bond donors (Lipinski definition) is 2. The van der Waals surface area contributed by atoms with Crippen LogP contribution in [0.25, 0.3) is 10.9 Å². The van der Waals surface area contributed by atoms with Crippen molar-refractivity contribution in [2.45, 2.75) is 45.8 Å². The van der Waals surface area contributed by atoms with Crippen molar-refractivity contribution in [1.29, 1.82) is 0 Å². The number of anilines is 2. The molecule has 1 aromatic heterocycles. The summed E-state index contributed by atoms with van der Waals surface area (Å²) in [7, 11) is 1.37. The Morgan fingerprint density at radius 1 is 1.27 bits per heavy atom. The predicted octanol–water partition coefficient (Wildman–Crippen LogP) is 5.17. The molecular weight excluding hydrogens is 447 g/mol. The zero-order valence-electron chi connectivity index (χ0n) is 19.1. The average Bonchev–Trinajstić information content (AvgIpc) is 2.84. The van der Waals surface area contributed by atoms with E-state index in [0.717, 1.165) is 12.0 Å². The van der Waals surface area contributed by atoms with Gasteiger partial charge in [0.15, 0.2) is 5.82 Å². The summed E-state index contributed by atoms with van der Waals surface area (Å²) < 4.78 is 25.4. The van der Waals surface area contributed by atoms with Crippen LogP contribution in [0.1, 0.15) is 32.3 Å². The minimum atomic E-state index is -0.553. The maximum Gasteiger partial charge on any atom is 0.322 e. The summed E-state index contributed by atoms with van der Waals surface area (Å²) in [5.74, 6) is 0.247. The number of fused-ring (bicyclic) bond motifs is 1. The number of halogens is 2. The summed E-state index contributed by atoms with van der Waals surface area (Å²) >= 11 is 5.89. The Morgan fingerprint density at radius 2 is 2.06 bits per heavy atom. The van der Waals surface area contributed by atoms with E-state index in [1.165, 1.54) is 19.5 Å². The van der Waals surface area contributed by atoms with E-state index in [0.29, 0.717) is 35.4 Å². The quantitative estimate of drug-likeness (QED) is 0.493. The molecule has 2 N–H and O–H groups in total. The van der Waals surface area contributed by atoms with Crippen LogP contribution in [-0.2, 0) is 9.53 Å². The molecule has 0 bridgehead atoms. The fourth-order valence-corrected chi connectivity index (χ4v) is 3.81. The third-order valence-corrected chi connectivity index (χ3v) is 5.56. The van der Waals surface area contributed by atoms with Crippen molar-refractivity contribution in [2.75, 3.05) is 19.0 Å². The molecule has 0 aliphatic carbocycles. The molecule has 7 nitrogen and oxygen atoms in total. The second kappa shape index (κ2) is 11.2. The highest BCUT2D eigenvalue weighted by molar-refractivity contribution is 6.31. The number of aryl methyl sites for hydroxylation is 1. The molecule has 9 heteroatoms. The first-order chi connectivity index (χ1) is 16.0. The Morgan fingerprint density at radius 3 is 2.82 bits per heavy atom. The monoisotopic (exact) mass is 474 g/mol. The van der Waals surface area contributed by atoms with Crippen LogP contribution in [0.5, 0.6) is 5.75 Å². The second-order valence-electron chi connectivity index (χ2n) is 7.38. The molecule has 1 saturated heterocycles. The standard InChI is InChI=1S/C22H22ClFN4O3.C2H6/c1-12-8-17-14(10-19(12)31-13-6-7-25-18(9-13)22(29)30-2)21(27-11-26-17)28-16-5-3-4-15(23)20(16)24;1-2/h3-5,8,10-11,13,18,25H,6-7,9H2,1-2H3,(H,26,27,28);1-2H3. The molecule has 2 unspecified atom stereocenters. The van der Waals surface area contributed by atoms with Gasteiger partial charge in [0.1, 0.15) is 30.0 Å². The smallest absolute Gasteiger partial charge is 0.322 e. The van der Waals surface area contributed by atoms with E-state index in [4.69, 9.17) is 21.1 Å². The molecule has 1 fully saturated rings. The van der Waals surface area contributed by atoms with E-state index >= 15 is 0 Å². The fraction of sp³-hybridized carbons (Fsp3) is 0.375. The maximum absolute atomic E-state index is 14.4. The van der Waals surface area contributed by atoms with Gasteiger partial charge in [-0.15, -0.1) is 0 Å². The number of methoxy groups -OCH3 is 1. The van der Waals surface area contributed by atoms with Gasteiger partial charge >= 0.3 is 5.97 Å². The molecule has 0 spiro atoms. The summed E-state index contributed by atoms with van der Waals surface area (Å²) in [6.07, 6.45) is 2.54. The number of benzene rings is 2. The summed E-state index contributed by atoms with van der Waals surface area (Å²) in [4.78, 5) is 20.5. The predicted molar refractivity (Wildman–Crippen MR) is 128 cm³/mol. The molecule has 2 atom stereocenters. The molecule has 4 rings (SSSR count). The Hall–Kier alpha value is -2.97. The SMILES string of the molecule is CC.COC(=O)C1CC(Oc2cc3c(Nc4cccc(Cl)c4F)ncnc3cc2C)CCN1. The molecule has 2 aromatic carbocycles. The Labute approximate surface area is 197 Å². The van der Waals surface area contributed by atoms with Crippen LogP contribution in [-0.4, -0.2) is 41.7 Å². The Kier molecular flexibility index (Phi) is 8.41. The van der Waals surface area contributed by atoms with E-state index in [2.05, 4.69) is 20.6 Å². The molecule has 0 saturated carbocycles. The van der Waals surface area contributed by atoms with Gasteiger partial charge in [0.05, 0.1) is 23.3 Å². The number of ether oxygens (including phenoxy) is 2. The number of esters is 1. The topological polar surface area (TPSA) is 85.4 Å². The zero-order chi connectivity index (χ0) is 24.0. The summed E-state index contributed by atoms with van der Waals surface area (Å²) in [6.45, 7) is 6.58. The van der Waals surface area contributed by atoms with Crippen molar-refractivity contribution in [1.82, 2.24) is 15.3 Å². The Balaban J connectivity index is 0.00000149. The van der Waals surface area contributed by atoms with Crippen LogP contribution in [0.2, 0.25) is 5.02 Å². The normalized spacial score (nSPS) is 17.6. The molecule has 0 amide bonds. The van der Waals surface area contributed by atoms with Gasteiger partial charge in [0, 0.05) is 11.8 Å². The average molecular weight is 475 g/mol. The van der Waals surface area contributed by atoms with Crippen LogP contribution >= 0.6 is 11.6 Å². The van der Waals surface area contributed by atoms with Gasteiger partial charge in [-0.1, -0.05) is 31.5 Å². The molecule has 176 valence electrons. The van der Waals surface area contributed by atoms with Crippen LogP contribution in [0.15, 0.2) is 36.7 Å². The number of hydrogen-bond acceptors (Lipinski definition) is 7. The lowest BCUT2D eigenvalue weighted by Crippen LogP contribution is -2.47. The van der Waals surface area contributed by atoms with Crippen molar-refractivity contribution < 1.29 is 18.7 Å². The van der Waals surface area contributed by atoms with E-state index in [9.17, 15) is 9.18 Å². The summed E-state index contributed by atoms with van der Waals surface area (Å²) in [5, 5.41) is 6.85. The van der Waals surface area contributed by atoms with Crippen LogP contribution in [0, 0.1) is 12.7 Å². The number of piperidine rings is 1. The van der Waals surface area contributed by atoms with Gasteiger partial charge in [-0.2, -0.15) is 0 Å². The van der Waals surface area contributed by atoms with E-state index < -0.39 is 11.9 Å². The molecule has 3 aromatic rings. The van der Waals surface area contributed by atoms with Crippen LogP contribution < -0.4 is 15.4 Å². The number of nitrogens with zero attached hydrogens (tertiary/aromatic N) is 2. The van der Waals surface area contributed by atoms with E-state index in [1.807, 2.05) is 32.9 Å². The highest BCUT2D eigenvalue weighted by Gasteiger charge is 2.29. The zero-order valence-corrected chi connectivity index (χ0v) is 19.9. The highest BCUT2D eigenvalue weighted by atomic mass is 35.5. The fourth-order valence-electron chi connectivity index (χ4n) is 3.63. The number of carbonyl (C=O) groups excluding carboxylic acids is 1. The number of carbonyl (C=O) groups is 1. The molecule has 0 radical (unpaired) electrons. The van der Waals surface area contributed by atoms with Crippen molar-refractivity contribution in [2.24, 2.45) is 0 Å². The van der Waals surface area contributed by atoms with Crippen LogP contribution in [0.3, 0.4) is 0 Å². The van der Waals surface area contributed by atoms with Crippen molar-refractivity contribution >= 4 is 40.0 Å². The molecule has 33 heavy (non-hydrogen) atoms. The van der Waals surface area contributed by atoms with Crippen molar-refractivity contribution in [3.05, 3.63) is 53.1 Å². The minimum absolute atomic E-state index is 0.0225. The summed E-state index contributed by atoms with van der Waals surface area (Å²) in [6, 6.07) is 8.06. The largest absolute Gasteiger partial charge is 0.490 e. The third-order valence-electron chi connectivity index (χ3n) is 5.27. The van der Waals surface area contributed by atoms with Gasteiger partial charge < -0.3 is 20.1 Å². The van der Waals surface area contributed by atoms with Gasteiger partial charge in [0.2, 0.25) is 0 Å². The third kappa shape index (κ3) is 5.69. The number of rotatable bonds is 5. The van der Waals surface area contributed by atoms with E-state index in [1.54, 1.807) is 12.1 Å². The lowest BCUT2D eigenvalue weighted by molar-refractivity contribution is -0.144. The lowest BCUT2D eigenvalue weighted by Gasteiger charge is -2.29. The van der Waals surface area contributed by atoms with Crippen molar-refractivity contribution in [3.8, 4) is 5.75 Å². The van der Waals surface area contributed by atoms with Gasteiger partial charge in [-0.25, -0.2) is 14.4 Å².